The van der Waals surface area contributed by atoms with Crippen molar-refractivity contribution in [1.29, 1.82) is 0 Å². The smallest absolute Gasteiger partial charge is 0.308 e. The van der Waals surface area contributed by atoms with Gasteiger partial charge >= 0.3 is 5.97 Å². The van der Waals surface area contributed by atoms with E-state index in [1.807, 2.05) is 57.2 Å². The summed E-state index contributed by atoms with van der Waals surface area (Å²) in [4.78, 5) is 11.3. The number of ether oxygens (including phenoxy) is 1. The van der Waals surface area contributed by atoms with Crippen molar-refractivity contribution in [1.82, 2.24) is 0 Å². The monoisotopic (exact) mass is 252 g/mol. The van der Waals surface area contributed by atoms with Crippen LogP contribution >= 0.6 is 11.6 Å². The molecule has 0 heterocycles. The Kier molecular flexibility index (Phi) is 5.23. The quantitative estimate of drug-likeness (QED) is 0.759. The average Bonchev–Trinajstić information content (AvgIpc) is 2.28. The van der Waals surface area contributed by atoms with E-state index in [0.717, 1.165) is 5.56 Å². The summed E-state index contributed by atoms with van der Waals surface area (Å²) in [5, 5.41) is 0.710. The highest BCUT2D eigenvalue weighted by atomic mass is 35.5. The minimum atomic E-state index is -0.222. The van der Waals surface area contributed by atoms with E-state index in [4.69, 9.17) is 16.3 Å². The Hall–Kier alpha value is -1.28. The van der Waals surface area contributed by atoms with Crippen LogP contribution in [0.5, 0.6) is 0 Å². The SMILES string of the molecule is CC(C)C(=O)O[C@H](C)/C=C/c1ccc(Cl)cc1. The van der Waals surface area contributed by atoms with E-state index in [1.165, 1.54) is 0 Å². The van der Waals surface area contributed by atoms with E-state index in [0.29, 0.717) is 5.02 Å². The van der Waals surface area contributed by atoms with Gasteiger partial charge in [-0.15, -0.1) is 0 Å². The summed E-state index contributed by atoms with van der Waals surface area (Å²) in [6, 6.07) is 7.48. The number of carbonyl (C=O) groups excluding carboxylic acids is 1. The Morgan fingerprint density at radius 3 is 2.35 bits per heavy atom. The number of hydrogen-bond donors (Lipinski definition) is 0. The van der Waals surface area contributed by atoms with Crippen LogP contribution in [0, 0.1) is 5.92 Å². The van der Waals surface area contributed by atoms with Crippen molar-refractivity contribution in [3.63, 3.8) is 0 Å². The summed E-state index contributed by atoms with van der Waals surface area (Å²) in [5.74, 6) is -0.278. The molecule has 0 unspecified atom stereocenters. The van der Waals surface area contributed by atoms with Gasteiger partial charge < -0.3 is 4.74 Å². The van der Waals surface area contributed by atoms with Gasteiger partial charge in [-0.05, 0) is 30.7 Å². The zero-order valence-corrected chi connectivity index (χ0v) is 11.1. The van der Waals surface area contributed by atoms with E-state index in [9.17, 15) is 4.79 Å². The molecule has 0 saturated carbocycles. The van der Waals surface area contributed by atoms with Crippen LogP contribution in [0.3, 0.4) is 0 Å². The predicted molar refractivity (Wildman–Crippen MR) is 70.9 cm³/mol. The molecule has 0 saturated heterocycles. The Morgan fingerprint density at radius 2 is 1.82 bits per heavy atom. The van der Waals surface area contributed by atoms with E-state index in [-0.39, 0.29) is 18.0 Å². The second-order valence-electron chi connectivity index (χ2n) is 4.21. The van der Waals surface area contributed by atoms with Crippen LogP contribution in [0.2, 0.25) is 5.02 Å². The van der Waals surface area contributed by atoms with Gasteiger partial charge in [0, 0.05) is 5.02 Å². The lowest BCUT2D eigenvalue weighted by atomic mass is 10.2. The Balaban J connectivity index is 2.53. The Labute approximate surface area is 107 Å². The van der Waals surface area contributed by atoms with Crippen molar-refractivity contribution >= 4 is 23.6 Å². The zero-order chi connectivity index (χ0) is 12.8. The number of halogens is 1. The maximum absolute atomic E-state index is 11.3. The highest BCUT2D eigenvalue weighted by Gasteiger charge is 2.10. The molecule has 1 rings (SSSR count). The van der Waals surface area contributed by atoms with E-state index in [1.54, 1.807) is 0 Å². The molecule has 1 atom stereocenters. The van der Waals surface area contributed by atoms with E-state index < -0.39 is 0 Å². The molecule has 0 amide bonds. The van der Waals surface area contributed by atoms with Crippen LogP contribution < -0.4 is 0 Å². The molecule has 0 fully saturated rings. The van der Waals surface area contributed by atoms with Crippen molar-refractivity contribution < 1.29 is 9.53 Å². The first-order valence-corrected chi connectivity index (χ1v) is 6.01. The van der Waals surface area contributed by atoms with Crippen LogP contribution in [-0.2, 0) is 9.53 Å². The molecule has 17 heavy (non-hydrogen) atoms. The maximum Gasteiger partial charge on any atom is 0.308 e. The zero-order valence-electron chi connectivity index (χ0n) is 10.3. The lowest BCUT2D eigenvalue weighted by Gasteiger charge is -2.10. The molecule has 1 aromatic carbocycles. The van der Waals surface area contributed by atoms with Gasteiger partial charge in [-0.1, -0.05) is 43.7 Å². The van der Waals surface area contributed by atoms with Crippen LogP contribution in [0.1, 0.15) is 26.3 Å². The topological polar surface area (TPSA) is 26.3 Å². The van der Waals surface area contributed by atoms with Gasteiger partial charge in [0.2, 0.25) is 0 Å². The lowest BCUT2D eigenvalue weighted by molar-refractivity contribution is -0.149. The normalized spacial score (nSPS) is 13.0. The fourth-order valence-electron chi connectivity index (χ4n) is 1.18. The highest BCUT2D eigenvalue weighted by molar-refractivity contribution is 6.30. The van der Waals surface area contributed by atoms with Crippen molar-refractivity contribution in [2.75, 3.05) is 0 Å². The molecule has 2 nitrogen and oxygen atoms in total. The highest BCUT2D eigenvalue weighted by Crippen LogP contribution is 2.11. The third-order valence-corrected chi connectivity index (χ3v) is 2.46. The van der Waals surface area contributed by atoms with Gasteiger partial charge in [0.05, 0.1) is 5.92 Å². The minimum absolute atomic E-state index is 0.0959. The average molecular weight is 253 g/mol. The second-order valence-corrected chi connectivity index (χ2v) is 4.64. The summed E-state index contributed by atoms with van der Waals surface area (Å²) in [5.41, 5.74) is 1.03. The maximum atomic E-state index is 11.3. The van der Waals surface area contributed by atoms with Gasteiger partial charge in [-0.3, -0.25) is 4.79 Å². The molecule has 3 heteroatoms. The van der Waals surface area contributed by atoms with Gasteiger partial charge in [0.1, 0.15) is 6.10 Å². The molecule has 0 spiro atoms. The molecule has 0 bridgehead atoms. The molecule has 1 aromatic rings. The summed E-state index contributed by atoms with van der Waals surface area (Å²) in [6.45, 7) is 5.47. The summed E-state index contributed by atoms with van der Waals surface area (Å²) >= 11 is 5.78. The minimum Gasteiger partial charge on any atom is -0.458 e. The van der Waals surface area contributed by atoms with Crippen molar-refractivity contribution in [3.05, 3.63) is 40.9 Å². The van der Waals surface area contributed by atoms with Crippen LogP contribution in [-0.4, -0.2) is 12.1 Å². The van der Waals surface area contributed by atoms with E-state index >= 15 is 0 Å². The first kappa shape index (κ1) is 13.8. The van der Waals surface area contributed by atoms with Crippen LogP contribution in [0.25, 0.3) is 6.08 Å². The fraction of sp³-hybridized carbons (Fsp3) is 0.357. The van der Waals surface area contributed by atoms with Gasteiger partial charge in [0.15, 0.2) is 0 Å². The summed E-state index contributed by atoms with van der Waals surface area (Å²) in [6.07, 6.45) is 3.54. The molecular formula is C14H17ClO2. The third kappa shape index (κ3) is 5.05. The number of hydrogen-bond acceptors (Lipinski definition) is 2. The molecule has 92 valence electrons. The van der Waals surface area contributed by atoms with Crippen LogP contribution in [0.15, 0.2) is 30.3 Å². The first-order valence-electron chi connectivity index (χ1n) is 5.63. The summed E-state index contributed by atoms with van der Waals surface area (Å²) < 4.78 is 5.21. The molecule has 0 aliphatic rings. The summed E-state index contributed by atoms with van der Waals surface area (Å²) in [7, 11) is 0. The van der Waals surface area contributed by atoms with E-state index in [2.05, 4.69) is 0 Å². The Bertz CT molecular complexity index is 393. The molecule has 0 aromatic heterocycles. The molecular weight excluding hydrogens is 236 g/mol. The molecule has 0 aliphatic heterocycles. The van der Waals surface area contributed by atoms with Crippen molar-refractivity contribution in [3.8, 4) is 0 Å². The van der Waals surface area contributed by atoms with Crippen LogP contribution in [0.4, 0.5) is 0 Å². The number of carbonyl (C=O) groups is 1. The number of benzene rings is 1. The number of esters is 1. The van der Waals surface area contributed by atoms with Crippen molar-refractivity contribution in [2.24, 2.45) is 5.92 Å². The fourth-order valence-corrected chi connectivity index (χ4v) is 1.31. The predicted octanol–water partition coefficient (Wildman–Crippen LogP) is 3.94. The standard InChI is InChI=1S/C14H17ClO2/c1-10(2)14(16)17-11(3)4-5-12-6-8-13(15)9-7-12/h4-11H,1-3H3/b5-4+/t11-/m1/s1. The molecule has 0 radical (unpaired) electrons. The number of rotatable bonds is 4. The second kappa shape index (κ2) is 6.45. The first-order chi connectivity index (χ1) is 7.99. The third-order valence-electron chi connectivity index (χ3n) is 2.20. The Morgan fingerprint density at radius 1 is 1.24 bits per heavy atom. The largest absolute Gasteiger partial charge is 0.458 e. The van der Waals surface area contributed by atoms with Gasteiger partial charge in [-0.25, -0.2) is 0 Å². The lowest BCUT2D eigenvalue weighted by Crippen LogP contribution is -2.17. The van der Waals surface area contributed by atoms with Gasteiger partial charge in [-0.2, -0.15) is 0 Å². The molecule has 0 N–H and O–H groups in total. The van der Waals surface area contributed by atoms with Gasteiger partial charge in [0.25, 0.3) is 0 Å². The van der Waals surface area contributed by atoms with Crippen molar-refractivity contribution in [2.45, 2.75) is 26.9 Å². The molecule has 0 aliphatic carbocycles.